The molecule has 2 aromatic carbocycles. The second-order valence-corrected chi connectivity index (χ2v) is 5.56. The number of benzene rings is 2. The van der Waals surface area contributed by atoms with Crippen molar-refractivity contribution in [1.82, 2.24) is 15.1 Å². The van der Waals surface area contributed by atoms with E-state index in [9.17, 15) is 17.6 Å². The Bertz CT molecular complexity index is 1090. The summed E-state index contributed by atoms with van der Waals surface area (Å²) >= 11 is 0. The smallest absolute Gasteiger partial charge is 0.329 e. The number of hydrogen-bond acceptors (Lipinski definition) is 4. The molecule has 0 unspecified atom stereocenters. The quantitative estimate of drug-likeness (QED) is 0.467. The SMILES string of the molecule is Fc1ccc(-c2ccc3ncc(-c4noc(C(F)(F)F)n4)cc3c2)cc1. The molecule has 0 saturated heterocycles. The predicted molar refractivity (Wildman–Crippen MR) is 85.4 cm³/mol. The maximum atomic E-state index is 13.1. The van der Waals surface area contributed by atoms with Crippen LogP contribution in [0.3, 0.4) is 0 Å². The molecule has 8 heteroatoms. The third-order valence-electron chi connectivity index (χ3n) is 3.79. The minimum Gasteiger partial charge on any atom is -0.329 e. The lowest BCUT2D eigenvalue weighted by molar-refractivity contribution is -0.159. The van der Waals surface area contributed by atoms with E-state index in [1.54, 1.807) is 24.3 Å². The lowest BCUT2D eigenvalue weighted by Gasteiger charge is -2.05. The molecule has 4 nitrogen and oxygen atoms in total. The number of nitrogens with zero attached hydrogens (tertiary/aromatic N) is 3. The van der Waals surface area contributed by atoms with Crippen molar-refractivity contribution in [3.05, 3.63) is 66.4 Å². The van der Waals surface area contributed by atoms with Gasteiger partial charge < -0.3 is 4.52 Å². The predicted octanol–water partition coefficient (Wildman–Crippen LogP) is 5.11. The molecular weight excluding hydrogens is 350 g/mol. The van der Waals surface area contributed by atoms with E-state index in [1.807, 2.05) is 12.1 Å². The van der Waals surface area contributed by atoms with Gasteiger partial charge in [0.25, 0.3) is 0 Å². The van der Waals surface area contributed by atoms with Crippen LogP contribution < -0.4 is 0 Å². The Hall–Kier alpha value is -3.29. The number of hydrogen-bond donors (Lipinski definition) is 0. The largest absolute Gasteiger partial charge is 0.471 e. The van der Waals surface area contributed by atoms with Crippen LogP contribution >= 0.6 is 0 Å². The van der Waals surface area contributed by atoms with E-state index in [4.69, 9.17) is 0 Å². The van der Waals surface area contributed by atoms with Gasteiger partial charge >= 0.3 is 12.1 Å². The van der Waals surface area contributed by atoms with Crippen LogP contribution in [0.5, 0.6) is 0 Å². The van der Waals surface area contributed by atoms with E-state index in [0.717, 1.165) is 11.1 Å². The molecule has 130 valence electrons. The van der Waals surface area contributed by atoms with Gasteiger partial charge in [0.15, 0.2) is 0 Å². The van der Waals surface area contributed by atoms with Crippen LogP contribution in [0.2, 0.25) is 0 Å². The monoisotopic (exact) mass is 359 g/mol. The highest BCUT2D eigenvalue weighted by atomic mass is 19.4. The van der Waals surface area contributed by atoms with Crippen molar-refractivity contribution < 1.29 is 22.1 Å². The van der Waals surface area contributed by atoms with Gasteiger partial charge in [-0.15, -0.1) is 0 Å². The fourth-order valence-corrected chi connectivity index (χ4v) is 2.53. The first kappa shape index (κ1) is 16.2. The molecule has 2 aromatic heterocycles. The molecule has 0 amide bonds. The highest BCUT2D eigenvalue weighted by Gasteiger charge is 2.38. The summed E-state index contributed by atoms with van der Waals surface area (Å²) in [6.45, 7) is 0. The number of halogens is 4. The van der Waals surface area contributed by atoms with Crippen LogP contribution in [0.4, 0.5) is 17.6 Å². The molecule has 0 fully saturated rings. The van der Waals surface area contributed by atoms with Crippen molar-refractivity contribution in [3.63, 3.8) is 0 Å². The third-order valence-corrected chi connectivity index (χ3v) is 3.79. The van der Waals surface area contributed by atoms with E-state index in [1.165, 1.54) is 18.3 Å². The van der Waals surface area contributed by atoms with Crippen molar-refractivity contribution in [2.24, 2.45) is 0 Å². The maximum absolute atomic E-state index is 13.1. The summed E-state index contributed by atoms with van der Waals surface area (Å²) in [4.78, 5) is 7.58. The van der Waals surface area contributed by atoms with Crippen molar-refractivity contribution >= 4 is 10.9 Å². The van der Waals surface area contributed by atoms with Gasteiger partial charge in [-0.3, -0.25) is 4.98 Å². The highest BCUT2D eigenvalue weighted by Crippen LogP contribution is 2.30. The average Bonchev–Trinajstić information content (AvgIpc) is 3.12. The molecule has 0 aliphatic heterocycles. The molecule has 0 saturated carbocycles. The molecule has 0 bridgehead atoms. The van der Waals surface area contributed by atoms with Gasteiger partial charge in [0, 0.05) is 17.1 Å². The normalized spacial score (nSPS) is 11.8. The molecule has 4 rings (SSSR count). The number of fused-ring (bicyclic) bond motifs is 1. The first-order valence-corrected chi connectivity index (χ1v) is 7.47. The van der Waals surface area contributed by atoms with Crippen LogP contribution in [0, 0.1) is 5.82 Å². The molecule has 0 aliphatic carbocycles. The van der Waals surface area contributed by atoms with Gasteiger partial charge in [0.2, 0.25) is 5.82 Å². The molecule has 0 radical (unpaired) electrons. The number of aromatic nitrogens is 3. The zero-order chi connectivity index (χ0) is 18.3. The summed E-state index contributed by atoms with van der Waals surface area (Å²) in [6.07, 6.45) is -3.32. The van der Waals surface area contributed by atoms with Crippen LogP contribution in [0.15, 0.2) is 59.3 Å². The van der Waals surface area contributed by atoms with Crippen LogP contribution in [-0.2, 0) is 6.18 Å². The zero-order valence-corrected chi connectivity index (χ0v) is 13.0. The van der Waals surface area contributed by atoms with Crippen molar-refractivity contribution in [2.45, 2.75) is 6.18 Å². The molecule has 2 heterocycles. The van der Waals surface area contributed by atoms with Gasteiger partial charge in [-0.25, -0.2) is 4.39 Å². The van der Waals surface area contributed by atoms with Crippen LogP contribution in [0.25, 0.3) is 33.4 Å². The summed E-state index contributed by atoms with van der Waals surface area (Å²) < 4.78 is 55.1. The van der Waals surface area contributed by atoms with Gasteiger partial charge in [-0.05, 0) is 41.5 Å². The number of alkyl halides is 3. The van der Waals surface area contributed by atoms with E-state index in [-0.39, 0.29) is 11.6 Å². The highest BCUT2D eigenvalue weighted by molar-refractivity contribution is 5.87. The Kier molecular flexibility index (Phi) is 3.68. The molecule has 0 atom stereocenters. The van der Waals surface area contributed by atoms with Crippen molar-refractivity contribution in [2.75, 3.05) is 0 Å². The Morgan fingerprint density at radius 1 is 0.846 bits per heavy atom. The van der Waals surface area contributed by atoms with E-state index in [2.05, 4.69) is 19.6 Å². The second-order valence-electron chi connectivity index (χ2n) is 5.56. The first-order valence-electron chi connectivity index (χ1n) is 7.47. The number of pyridine rings is 1. The van der Waals surface area contributed by atoms with Gasteiger partial charge in [-0.2, -0.15) is 18.2 Å². The van der Waals surface area contributed by atoms with E-state index in [0.29, 0.717) is 16.5 Å². The standard InChI is InChI=1S/C18H9F4N3O/c19-14-4-1-10(2-5-14)11-3-6-15-12(7-11)8-13(9-23-15)16-24-17(26-25-16)18(20,21)22/h1-9H. The summed E-state index contributed by atoms with van der Waals surface area (Å²) in [5.41, 5.74) is 2.57. The minimum atomic E-state index is -4.70. The maximum Gasteiger partial charge on any atom is 0.471 e. The van der Waals surface area contributed by atoms with Crippen molar-refractivity contribution in [1.29, 1.82) is 0 Å². The Balaban J connectivity index is 1.76. The average molecular weight is 359 g/mol. The molecule has 0 spiro atoms. The molecular formula is C18H9F4N3O. The van der Waals surface area contributed by atoms with Crippen molar-refractivity contribution in [3.8, 4) is 22.5 Å². The molecule has 26 heavy (non-hydrogen) atoms. The first-order chi connectivity index (χ1) is 12.4. The fourth-order valence-electron chi connectivity index (χ4n) is 2.53. The Morgan fingerprint density at radius 3 is 2.23 bits per heavy atom. The van der Waals surface area contributed by atoms with Gasteiger partial charge in [0.05, 0.1) is 5.52 Å². The topological polar surface area (TPSA) is 51.8 Å². The Labute approximate surface area is 144 Å². The zero-order valence-electron chi connectivity index (χ0n) is 13.0. The summed E-state index contributed by atoms with van der Waals surface area (Å²) in [5.74, 6) is -1.94. The van der Waals surface area contributed by atoms with Crippen LogP contribution in [0.1, 0.15) is 5.89 Å². The van der Waals surface area contributed by atoms with Gasteiger partial charge in [0.1, 0.15) is 5.82 Å². The summed E-state index contributed by atoms with van der Waals surface area (Å²) in [5, 5.41) is 4.05. The molecule has 4 aromatic rings. The second kappa shape index (κ2) is 5.91. The summed E-state index contributed by atoms with van der Waals surface area (Å²) in [7, 11) is 0. The third kappa shape index (κ3) is 3.01. The molecule has 0 aliphatic rings. The lowest BCUT2D eigenvalue weighted by atomic mass is 10.0. The minimum absolute atomic E-state index is 0.195. The van der Waals surface area contributed by atoms with Crippen LogP contribution in [-0.4, -0.2) is 15.1 Å². The molecule has 0 N–H and O–H groups in total. The lowest BCUT2D eigenvalue weighted by Crippen LogP contribution is -2.04. The number of rotatable bonds is 2. The fraction of sp³-hybridized carbons (Fsp3) is 0.0556. The van der Waals surface area contributed by atoms with E-state index >= 15 is 0 Å². The summed E-state index contributed by atoms with van der Waals surface area (Å²) in [6, 6.07) is 13.0. The van der Waals surface area contributed by atoms with E-state index < -0.39 is 12.1 Å². The van der Waals surface area contributed by atoms with Gasteiger partial charge in [-0.1, -0.05) is 23.4 Å². The Morgan fingerprint density at radius 2 is 1.54 bits per heavy atom.